The summed E-state index contributed by atoms with van der Waals surface area (Å²) in [6, 6.07) is 3.96. The van der Waals surface area contributed by atoms with Crippen molar-refractivity contribution in [2.45, 2.75) is 52.1 Å². The quantitative estimate of drug-likeness (QED) is 0.884. The molecule has 0 aromatic carbocycles. The first kappa shape index (κ1) is 13.3. The van der Waals surface area contributed by atoms with E-state index in [1.807, 2.05) is 6.92 Å². The van der Waals surface area contributed by atoms with E-state index in [4.69, 9.17) is 0 Å². The number of rotatable bonds is 4. The van der Waals surface area contributed by atoms with Crippen molar-refractivity contribution < 1.29 is 0 Å². The molecule has 1 fully saturated rings. The average molecular weight is 249 g/mol. The zero-order valence-corrected chi connectivity index (χ0v) is 11.4. The van der Waals surface area contributed by atoms with Crippen LogP contribution in [0.15, 0.2) is 16.9 Å². The molecule has 2 rings (SSSR count). The molecule has 1 aromatic rings. The van der Waals surface area contributed by atoms with Crippen molar-refractivity contribution in [2.24, 2.45) is 5.92 Å². The molecule has 1 aromatic heterocycles. The molecule has 1 N–H and O–H groups in total. The fourth-order valence-electron chi connectivity index (χ4n) is 2.69. The molecule has 0 saturated heterocycles. The van der Waals surface area contributed by atoms with E-state index in [-0.39, 0.29) is 5.56 Å². The molecular formula is C14H23N3O. The summed E-state index contributed by atoms with van der Waals surface area (Å²) in [7, 11) is 0. The first-order valence-corrected chi connectivity index (χ1v) is 6.95. The fraction of sp³-hybridized carbons (Fsp3) is 0.714. The zero-order chi connectivity index (χ0) is 13.0. The van der Waals surface area contributed by atoms with Crippen LogP contribution in [-0.4, -0.2) is 22.4 Å². The van der Waals surface area contributed by atoms with Crippen LogP contribution in [0.3, 0.4) is 0 Å². The van der Waals surface area contributed by atoms with Crippen LogP contribution < -0.4 is 10.9 Å². The summed E-state index contributed by atoms with van der Waals surface area (Å²) in [6.07, 6.45) is 5.26. The van der Waals surface area contributed by atoms with Gasteiger partial charge in [0.25, 0.3) is 5.56 Å². The minimum Gasteiger partial charge on any atom is -0.312 e. The molecule has 1 saturated carbocycles. The van der Waals surface area contributed by atoms with Crippen LogP contribution in [0.1, 0.15) is 38.3 Å². The van der Waals surface area contributed by atoms with Crippen LogP contribution in [-0.2, 0) is 6.54 Å². The van der Waals surface area contributed by atoms with Crippen molar-refractivity contribution in [3.05, 3.63) is 28.2 Å². The minimum absolute atomic E-state index is 0.0147. The Kier molecular flexibility index (Phi) is 4.53. The fourth-order valence-corrected chi connectivity index (χ4v) is 2.69. The van der Waals surface area contributed by atoms with Gasteiger partial charge in [0.1, 0.15) is 0 Å². The maximum absolute atomic E-state index is 11.6. The first-order chi connectivity index (χ1) is 8.66. The maximum Gasteiger partial charge on any atom is 0.266 e. The summed E-state index contributed by atoms with van der Waals surface area (Å²) in [5.74, 6) is 0.751. The Bertz CT molecular complexity index is 441. The molecule has 1 aliphatic rings. The van der Waals surface area contributed by atoms with Crippen molar-refractivity contribution in [1.82, 2.24) is 15.1 Å². The van der Waals surface area contributed by atoms with Crippen LogP contribution >= 0.6 is 0 Å². The second kappa shape index (κ2) is 6.14. The molecule has 0 bridgehead atoms. The number of aromatic nitrogens is 2. The van der Waals surface area contributed by atoms with E-state index in [2.05, 4.69) is 17.3 Å². The number of aryl methyl sites for hydroxylation is 1. The number of hydrogen-bond acceptors (Lipinski definition) is 3. The molecule has 0 spiro atoms. The van der Waals surface area contributed by atoms with Crippen LogP contribution in [0.5, 0.6) is 0 Å². The van der Waals surface area contributed by atoms with Crippen LogP contribution in [0.2, 0.25) is 0 Å². The molecule has 2 unspecified atom stereocenters. The highest BCUT2D eigenvalue weighted by molar-refractivity contribution is 4.97. The van der Waals surface area contributed by atoms with Crippen LogP contribution in [0.4, 0.5) is 0 Å². The molecule has 18 heavy (non-hydrogen) atoms. The lowest BCUT2D eigenvalue weighted by atomic mass is 9.86. The second-order valence-electron chi connectivity index (χ2n) is 5.36. The topological polar surface area (TPSA) is 46.9 Å². The van der Waals surface area contributed by atoms with Crippen molar-refractivity contribution in [3.63, 3.8) is 0 Å². The Balaban J connectivity index is 1.84. The van der Waals surface area contributed by atoms with Gasteiger partial charge in [-0.05, 0) is 31.7 Å². The van der Waals surface area contributed by atoms with Gasteiger partial charge in [-0.3, -0.25) is 4.79 Å². The number of nitrogens with one attached hydrogen (secondary N) is 1. The second-order valence-corrected chi connectivity index (χ2v) is 5.36. The SMILES string of the molecule is Cc1ccc(=O)n(CCNC2CCCCC2C)n1. The lowest BCUT2D eigenvalue weighted by Gasteiger charge is -2.29. The summed E-state index contributed by atoms with van der Waals surface area (Å²) in [4.78, 5) is 11.6. The minimum atomic E-state index is -0.0147. The van der Waals surface area contributed by atoms with Crippen LogP contribution in [0, 0.1) is 12.8 Å². The van der Waals surface area contributed by atoms with Gasteiger partial charge in [-0.15, -0.1) is 0 Å². The van der Waals surface area contributed by atoms with Gasteiger partial charge in [0, 0.05) is 18.7 Å². The van der Waals surface area contributed by atoms with E-state index in [0.29, 0.717) is 12.6 Å². The third kappa shape index (κ3) is 3.42. The Morgan fingerprint density at radius 2 is 2.17 bits per heavy atom. The van der Waals surface area contributed by atoms with E-state index >= 15 is 0 Å². The van der Waals surface area contributed by atoms with Crippen molar-refractivity contribution in [3.8, 4) is 0 Å². The lowest BCUT2D eigenvalue weighted by Crippen LogP contribution is -2.40. The zero-order valence-electron chi connectivity index (χ0n) is 11.4. The molecular weight excluding hydrogens is 226 g/mol. The standard InChI is InChI=1S/C14H23N3O/c1-11-5-3-4-6-13(11)15-9-10-17-14(18)8-7-12(2)16-17/h7-8,11,13,15H,3-6,9-10H2,1-2H3. The van der Waals surface area contributed by atoms with E-state index in [1.165, 1.54) is 25.7 Å². The average Bonchev–Trinajstić information content (AvgIpc) is 2.36. The van der Waals surface area contributed by atoms with Gasteiger partial charge in [-0.2, -0.15) is 5.10 Å². The Morgan fingerprint density at radius 1 is 1.39 bits per heavy atom. The molecule has 1 heterocycles. The first-order valence-electron chi connectivity index (χ1n) is 6.95. The highest BCUT2D eigenvalue weighted by atomic mass is 16.1. The Hall–Kier alpha value is -1.16. The van der Waals surface area contributed by atoms with E-state index in [0.717, 1.165) is 18.2 Å². The van der Waals surface area contributed by atoms with Gasteiger partial charge < -0.3 is 5.32 Å². The predicted molar refractivity (Wildman–Crippen MR) is 72.7 cm³/mol. The number of hydrogen-bond donors (Lipinski definition) is 1. The molecule has 1 aliphatic carbocycles. The van der Waals surface area contributed by atoms with Gasteiger partial charge in [-0.25, -0.2) is 4.68 Å². The van der Waals surface area contributed by atoms with Crippen molar-refractivity contribution >= 4 is 0 Å². The summed E-state index contributed by atoms with van der Waals surface area (Å²) in [5.41, 5.74) is 0.875. The Labute approximate surface area is 108 Å². The lowest BCUT2D eigenvalue weighted by molar-refractivity contribution is 0.276. The monoisotopic (exact) mass is 249 g/mol. The van der Waals surface area contributed by atoms with Gasteiger partial charge >= 0.3 is 0 Å². The third-order valence-corrected chi connectivity index (χ3v) is 3.84. The maximum atomic E-state index is 11.6. The normalized spacial score (nSPS) is 24.1. The molecule has 4 nitrogen and oxygen atoms in total. The molecule has 4 heteroatoms. The molecule has 2 atom stereocenters. The van der Waals surface area contributed by atoms with E-state index in [9.17, 15) is 4.79 Å². The highest BCUT2D eigenvalue weighted by Crippen LogP contribution is 2.23. The Morgan fingerprint density at radius 3 is 2.94 bits per heavy atom. The van der Waals surface area contributed by atoms with Gasteiger partial charge in [-0.1, -0.05) is 19.8 Å². The molecule has 0 aliphatic heterocycles. The predicted octanol–water partition coefficient (Wildman–Crippen LogP) is 1.72. The van der Waals surface area contributed by atoms with Crippen molar-refractivity contribution in [2.75, 3.05) is 6.54 Å². The van der Waals surface area contributed by atoms with E-state index in [1.54, 1.807) is 16.8 Å². The molecule has 0 amide bonds. The van der Waals surface area contributed by atoms with Crippen molar-refractivity contribution in [1.29, 1.82) is 0 Å². The highest BCUT2D eigenvalue weighted by Gasteiger charge is 2.20. The summed E-state index contributed by atoms with van der Waals surface area (Å²) < 4.78 is 1.55. The van der Waals surface area contributed by atoms with E-state index < -0.39 is 0 Å². The van der Waals surface area contributed by atoms with Gasteiger partial charge in [0.05, 0.1) is 12.2 Å². The largest absolute Gasteiger partial charge is 0.312 e. The number of nitrogens with zero attached hydrogens (tertiary/aromatic N) is 2. The molecule has 0 radical (unpaired) electrons. The third-order valence-electron chi connectivity index (χ3n) is 3.84. The van der Waals surface area contributed by atoms with Crippen LogP contribution in [0.25, 0.3) is 0 Å². The summed E-state index contributed by atoms with van der Waals surface area (Å²) in [5, 5.41) is 7.81. The summed E-state index contributed by atoms with van der Waals surface area (Å²) in [6.45, 7) is 5.70. The summed E-state index contributed by atoms with van der Waals surface area (Å²) >= 11 is 0. The smallest absolute Gasteiger partial charge is 0.266 e. The van der Waals surface area contributed by atoms with Gasteiger partial charge in [0.2, 0.25) is 0 Å². The molecule has 100 valence electrons. The van der Waals surface area contributed by atoms with Gasteiger partial charge in [0.15, 0.2) is 0 Å².